The third-order valence-corrected chi connectivity index (χ3v) is 7.29. The Morgan fingerprint density at radius 3 is 2.42 bits per heavy atom. The topological polar surface area (TPSA) is 49.4 Å². The molecule has 3 aromatic carbocycles. The Morgan fingerprint density at radius 1 is 0.972 bits per heavy atom. The van der Waals surface area contributed by atoms with Crippen molar-refractivity contribution in [1.82, 2.24) is 10.2 Å². The van der Waals surface area contributed by atoms with Gasteiger partial charge in [0.25, 0.3) is 0 Å². The molecule has 36 heavy (non-hydrogen) atoms. The molecule has 6 heteroatoms. The number of thioether (sulfide) groups is 1. The number of carbonyl (C=O) groups excluding carboxylic acids is 2. The number of unbranched alkanes of at least 4 members (excludes halogenated alkanes) is 1. The molecule has 2 amide bonds. The van der Waals surface area contributed by atoms with Gasteiger partial charge in [0.1, 0.15) is 6.04 Å². The molecular weight excluding hydrogens is 488 g/mol. The minimum atomic E-state index is -0.616. The molecule has 0 heterocycles. The number of halogens is 1. The van der Waals surface area contributed by atoms with Gasteiger partial charge in [0, 0.05) is 30.3 Å². The number of hydrogen-bond acceptors (Lipinski definition) is 3. The number of rotatable bonds is 13. The molecule has 3 rings (SSSR count). The van der Waals surface area contributed by atoms with Crippen molar-refractivity contribution in [3.8, 4) is 0 Å². The first-order valence-electron chi connectivity index (χ1n) is 12.5. The summed E-state index contributed by atoms with van der Waals surface area (Å²) in [6.45, 7) is 5.10. The van der Waals surface area contributed by atoms with Crippen molar-refractivity contribution in [2.24, 2.45) is 0 Å². The summed E-state index contributed by atoms with van der Waals surface area (Å²) in [7, 11) is 0. The van der Waals surface area contributed by atoms with Crippen molar-refractivity contribution in [3.63, 3.8) is 0 Å². The molecule has 0 aliphatic heterocycles. The molecule has 0 spiro atoms. The zero-order valence-corrected chi connectivity index (χ0v) is 22.7. The number of carbonyl (C=O) groups is 2. The molecule has 0 saturated carbocycles. The Hall–Kier alpha value is -2.76. The van der Waals surface area contributed by atoms with Gasteiger partial charge >= 0.3 is 0 Å². The van der Waals surface area contributed by atoms with Crippen LogP contribution in [0.3, 0.4) is 0 Å². The summed E-state index contributed by atoms with van der Waals surface area (Å²) in [6, 6.07) is 25.0. The Kier molecular flexibility index (Phi) is 11.4. The highest BCUT2D eigenvalue weighted by Gasteiger charge is 2.30. The van der Waals surface area contributed by atoms with Gasteiger partial charge in [-0.1, -0.05) is 91.7 Å². The van der Waals surface area contributed by atoms with Gasteiger partial charge in [0.2, 0.25) is 11.8 Å². The predicted molar refractivity (Wildman–Crippen MR) is 151 cm³/mol. The lowest BCUT2D eigenvalue weighted by Crippen LogP contribution is -2.51. The smallest absolute Gasteiger partial charge is 0.243 e. The van der Waals surface area contributed by atoms with E-state index in [1.54, 1.807) is 16.7 Å². The number of aryl methyl sites for hydroxylation is 1. The fourth-order valence-corrected chi connectivity index (χ4v) is 5.19. The maximum absolute atomic E-state index is 13.7. The van der Waals surface area contributed by atoms with Gasteiger partial charge in [0.15, 0.2) is 0 Å². The largest absolute Gasteiger partial charge is 0.354 e. The van der Waals surface area contributed by atoms with E-state index in [-0.39, 0.29) is 11.8 Å². The minimum absolute atomic E-state index is 0.0554. The minimum Gasteiger partial charge on any atom is -0.354 e. The van der Waals surface area contributed by atoms with Gasteiger partial charge in [-0.2, -0.15) is 0 Å². The average molecular weight is 523 g/mol. The van der Waals surface area contributed by atoms with Crippen molar-refractivity contribution >= 4 is 35.2 Å². The van der Waals surface area contributed by atoms with Crippen LogP contribution in [-0.4, -0.2) is 35.1 Å². The quantitative estimate of drug-likeness (QED) is 0.263. The average Bonchev–Trinajstić information content (AvgIpc) is 2.88. The Bertz CT molecular complexity index is 1120. The van der Waals surface area contributed by atoms with Crippen LogP contribution in [0.25, 0.3) is 0 Å². The lowest BCUT2D eigenvalue weighted by Gasteiger charge is -2.31. The lowest BCUT2D eigenvalue weighted by molar-refractivity contribution is -0.139. The van der Waals surface area contributed by atoms with E-state index in [4.69, 9.17) is 11.6 Å². The third kappa shape index (κ3) is 8.72. The summed E-state index contributed by atoms with van der Waals surface area (Å²) < 4.78 is 0. The van der Waals surface area contributed by atoms with E-state index in [9.17, 15) is 9.59 Å². The van der Waals surface area contributed by atoms with Crippen LogP contribution in [0.15, 0.2) is 78.9 Å². The Balaban J connectivity index is 1.84. The van der Waals surface area contributed by atoms with Crippen molar-refractivity contribution < 1.29 is 9.59 Å². The SMILES string of the molecule is CCCCNC(=O)C(Cc1ccccc1)N(Cc1cccc(Cl)c1)C(=O)CSCc1ccccc1C. The monoisotopic (exact) mass is 522 g/mol. The summed E-state index contributed by atoms with van der Waals surface area (Å²) in [5.41, 5.74) is 4.35. The van der Waals surface area contributed by atoms with E-state index in [2.05, 4.69) is 31.3 Å². The zero-order chi connectivity index (χ0) is 25.8. The molecule has 0 radical (unpaired) electrons. The molecular formula is C30H35ClN2O2S. The molecule has 1 unspecified atom stereocenters. The van der Waals surface area contributed by atoms with Crippen molar-refractivity contribution in [2.75, 3.05) is 12.3 Å². The second-order valence-electron chi connectivity index (χ2n) is 8.92. The normalized spacial score (nSPS) is 11.6. The third-order valence-electron chi connectivity index (χ3n) is 6.09. The molecule has 4 nitrogen and oxygen atoms in total. The highest BCUT2D eigenvalue weighted by molar-refractivity contribution is 7.99. The molecule has 1 N–H and O–H groups in total. The van der Waals surface area contributed by atoms with E-state index < -0.39 is 6.04 Å². The van der Waals surface area contributed by atoms with Crippen LogP contribution in [-0.2, 0) is 28.3 Å². The van der Waals surface area contributed by atoms with E-state index in [0.717, 1.165) is 29.7 Å². The summed E-state index contributed by atoms with van der Waals surface area (Å²) in [5.74, 6) is 0.865. The van der Waals surface area contributed by atoms with Crippen LogP contribution in [0.2, 0.25) is 5.02 Å². The van der Waals surface area contributed by atoms with E-state index in [1.165, 1.54) is 11.1 Å². The second-order valence-corrected chi connectivity index (χ2v) is 10.3. The summed E-state index contributed by atoms with van der Waals surface area (Å²) in [5, 5.41) is 3.67. The fourth-order valence-electron chi connectivity index (χ4n) is 4.00. The Labute approximate surface area is 224 Å². The summed E-state index contributed by atoms with van der Waals surface area (Å²) in [4.78, 5) is 28.8. The van der Waals surface area contributed by atoms with Crippen LogP contribution < -0.4 is 5.32 Å². The maximum atomic E-state index is 13.7. The predicted octanol–water partition coefficient (Wildman–Crippen LogP) is 6.44. The second kappa shape index (κ2) is 14.7. The van der Waals surface area contributed by atoms with Gasteiger partial charge in [-0.05, 0) is 47.7 Å². The molecule has 0 saturated heterocycles. The Morgan fingerprint density at radius 2 is 1.69 bits per heavy atom. The van der Waals surface area contributed by atoms with Gasteiger partial charge in [-0.15, -0.1) is 11.8 Å². The number of nitrogens with zero attached hydrogens (tertiary/aromatic N) is 1. The molecule has 0 fully saturated rings. The fraction of sp³-hybridized carbons (Fsp3) is 0.333. The lowest BCUT2D eigenvalue weighted by atomic mass is 10.0. The number of benzene rings is 3. The molecule has 1 atom stereocenters. The highest BCUT2D eigenvalue weighted by atomic mass is 35.5. The summed E-state index contributed by atoms with van der Waals surface area (Å²) >= 11 is 7.82. The number of amides is 2. The van der Waals surface area contributed by atoms with E-state index in [0.29, 0.717) is 30.3 Å². The van der Waals surface area contributed by atoms with Gasteiger partial charge in [-0.3, -0.25) is 9.59 Å². The molecule has 0 aliphatic carbocycles. The summed E-state index contributed by atoms with van der Waals surface area (Å²) in [6.07, 6.45) is 2.34. The standard InChI is InChI=1S/C30H35ClN2O2S/c1-3-4-17-32-30(35)28(19-24-12-6-5-7-13-24)33(20-25-14-10-16-27(31)18-25)29(34)22-36-21-26-15-9-8-11-23(26)2/h5-16,18,28H,3-4,17,19-22H2,1-2H3,(H,32,35). The van der Waals surface area contributed by atoms with Crippen LogP contribution >= 0.6 is 23.4 Å². The first-order chi connectivity index (χ1) is 17.5. The number of nitrogens with one attached hydrogen (secondary N) is 1. The van der Waals surface area contributed by atoms with E-state index >= 15 is 0 Å². The van der Waals surface area contributed by atoms with Crippen LogP contribution in [0.4, 0.5) is 0 Å². The molecule has 0 aromatic heterocycles. The molecule has 190 valence electrons. The first-order valence-corrected chi connectivity index (χ1v) is 14.0. The zero-order valence-electron chi connectivity index (χ0n) is 21.1. The molecule has 3 aromatic rings. The highest BCUT2D eigenvalue weighted by Crippen LogP contribution is 2.21. The molecule has 0 bridgehead atoms. The van der Waals surface area contributed by atoms with Crippen molar-refractivity contribution in [3.05, 3.63) is 106 Å². The molecule has 0 aliphatic rings. The number of hydrogen-bond donors (Lipinski definition) is 1. The van der Waals surface area contributed by atoms with Gasteiger partial charge in [-0.25, -0.2) is 0 Å². The van der Waals surface area contributed by atoms with Crippen molar-refractivity contribution in [2.45, 2.75) is 51.4 Å². The van der Waals surface area contributed by atoms with Crippen LogP contribution in [0.1, 0.15) is 42.0 Å². The van der Waals surface area contributed by atoms with Crippen LogP contribution in [0, 0.1) is 6.92 Å². The first kappa shape index (κ1) is 27.8. The van der Waals surface area contributed by atoms with Crippen molar-refractivity contribution in [1.29, 1.82) is 0 Å². The maximum Gasteiger partial charge on any atom is 0.243 e. The van der Waals surface area contributed by atoms with Gasteiger partial charge < -0.3 is 10.2 Å². The van der Waals surface area contributed by atoms with Crippen LogP contribution in [0.5, 0.6) is 0 Å². The van der Waals surface area contributed by atoms with Gasteiger partial charge in [0.05, 0.1) is 5.75 Å². The van der Waals surface area contributed by atoms with E-state index in [1.807, 2.05) is 66.7 Å².